The third-order valence-corrected chi connectivity index (χ3v) is 11.8. The van der Waals surface area contributed by atoms with E-state index in [-0.39, 0.29) is 63.1 Å². The van der Waals surface area contributed by atoms with Crippen molar-refractivity contribution in [3.8, 4) is 0 Å². The van der Waals surface area contributed by atoms with Gasteiger partial charge >= 0.3 is 0 Å². The van der Waals surface area contributed by atoms with Crippen LogP contribution in [0.1, 0.15) is 83.1 Å². The van der Waals surface area contributed by atoms with E-state index in [2.05, 4.69) is 166 Å². The number of hydrogen-bond donors (Lipinski definition) is 0. The minimum Gasteiger partial charge on any atom is -1.00 e. The zero-order chi connectivity index (χ0) is 26.5. The van der Waals surface area contributed by atoms with Crippen molar-refractivity contribution in [1.82, 2.24) is 9.13 Å². The van der Waals surface area contributed by atoms with Gasteiger partial charge in [0.05, 0.1) is 12.9 Å². The molecule has 0 aliphatic rings. The van der Waals surface area contributed by atoms with Crippen molar-refractivity contribution in [2.75, 3.05) is 13.3 Å². The molecule has 0 aliphatic heterocycles. The summed E-state index contributed by atoms with van der Waals surface area (Å²) in [5, 5.41) is 0.838. The first kappa shape index (κ1) is 38.6. The van der Waals surface area contributed by atoms with Crippen LogP contribution in [0.25, 0.3) is 0 Å². The molecule has 0 saturated heterocycles. The first-order valence-corrected chi connectivity index (χ1v) is 16.2. The van der Waals surface area contributed by atoms with Gasteiger partial charge in [-0.3, -0.25) is 0 Å². The molecule has 4 nitrogen and oxygen atoms in total. The molecule has 36 heavy (non-hydrogen) atoms. The minimum atomic E-state index is -0.0192. The van der Waals surface area contributed by atoms with E-state index >= 15 is 0 Å². The second-order valence-corrected chi connectivity index (χ2v) is 19.2. The molecule has 206 valence electrons. The molecule has 0 fully saturated rings. The van der Waals surface area contributed by atoms with Crippen molar-refractivity contribution in [3.05, 3.63) is 37.4 Å². The summed E-state index contributed by atoms with van der Waals surface area (Å²) in [5.41, 5.74) is 0.346. The van der Waals surface area contributed by atoms with Crippen molar-refractivity contribution < 1.29 is 45.5 Å². The van der Waals surface area contributed by atoms with Crippen LogP contribution in [0.2, 0.25) is 0 Å². The highest BCUT2D eigenvalue weighted by atomic mass is 127. The molecule has 2 radical (unpaired) electrons. The van der Waals surface area contributed by atoms with Gasteiger partial charge in [0.1, 0.15) is 35.9 Å². The van der Waals surface area contributed by atoms with Crippen LogP contribution in [0.3, 0.4) is 0 Å². The van der Waals surface area contributed by atoms with Crippen LogP contribution in [0.15, 0.2) is 37.4 Å². The number of imidazole rings is 2. The van der Waals surface area contributed by atoms with Gasteiger partial charge < -0.3 is 36.4 Å². The van der Waals surface area contributed by atoms with E-state index in [1.54, 1.807) is 0 Å². The number of halogens is 2. The van der Waals surface area contributed by atoms with Crippen molar-refractivity contribution in [2.24, 2.45) is 0 Å². The van der Waals surface area contributed by atoms with Gasteiger partial charge in [-0.15, -0.1) is 15.6 Å². The maximum atomic E-state index is 2.46. The van der Waals surface area contributed by atoms with E-state index in [9.17, 15) is 0 Å². The Kier molecular flexibility index (Phi) is 16.4. The van der Waals surface area contributed by atoms with Crippen LogP contribution in [-0.4, -0.2) is 46.8 Å². The highest BCUT2D eigenvalue weighted by Crippen LogP contribution is 2.44. The van der Waals surface area contributed by atoms with Crippen LogP contribution in [0.4, 0.5) is 0 Å². The molecule has 2 aromatic rings. The predicted octanol–water partition coefficient (Wildman–Crippen LogP) is 0.0430. The lowest BCUT2D eigenvalue weighted by molar-refractivity contribution is -0.678. The molecular weight excluding hydrogens is 614 g/mol. The molecule has 2 rings (SSSR count). The Hall–Kier alpha value is 0.430. The van der Waals surface area contributed by atoms with Gasteiger partial charge in [0.2, 0.25) is 26.7 Å². The summed E-state index contributed by atoms with van der Waals surface area (Å²) in [7, 11) is -0.0384. The molecule has 0 N–H and O–H groups in total. The fourth-order valence-electron chi connectivity index (χ4n) is 2.78. The van der Waals surface area contributed by atoms with Gasteiger partial charge in [0, 0.05) is 0 Å². The molecule has 10 heteroatoms. The van der Waals surface area contributed by atoms with Gasteiger partial charge in [-0.1, -0.05) is 54.9 Å². The van der Waals surface area contributed by atoms with Crippen LogP contribution >= 0.6 is 15.6 Å². The molecule has 0 spiro atoms. The number of rotatable bonds is 6. The third kappa shape index (κ3) is 14.0. The first-order valence-electron chi connectivity index (χ1n) is 12.5. The van der Waals surface area contributed by atoms with Gasteiger partial charge in [0.15, 0.2) is 0 Å². The SMILES string of the molecule is CP([B]C[n+]1ccn(C(C)(C)C)c1)C(C)(C)C.CP([B]C[n+]1ccn(C(C)(C)C)c1)C(C)(C)C.[Cl-].[I-]. The Morgan fingerprint density at radius 2 is 0.889 bits per heavy atom. The van der Waals surface area contributed by atoms with E-state index in [4.69, 9.17) is 0 Å². The summed E-state index contributed by atoms with van der Waals surface area (Å²) < 4.78 is 9.04. The summed E-state index contributed by atoms with van der Waals surface area (Å²) in [4.78, 5) is 0. The van der Waals surface area contributed by atoms with Gasteiger partial charge in [0.25, 0.3) is 0 Å². The highest BCUT2D eigenvalue weighted by Gasteiger charge is 2.24. The smallest absolute Gasteiger partial charge is 0.243 e. The average molecular weight is 667 g/mol. The zero-order valence-corrected chi connectivity index (χ0v) is 30.2. The molecule has 0 aliphatic carbocycles. The Morgan fingerprint density at radius 1 is 0.611 bits per heavy atom. The summed E-state index contributed by atoms with van der Waals surface area (Å²) in [6.45, 7) is 36.9. The lowest BCUT2D eigenvalue weighted by Gasteiger charge is -2.27. The largest absolute Gasteiger partial charge is 1.00 e. The van der Waals surface area contributed by atoms with Crippen molar-refractivity contribution in [3.63, 3.8) is 0 Å². The van der Waals surface area contributed by atoms with Gasteiger partial charge in [-0.25, -0.2) is 18.3 Å². The topological polar surface area (TPSA) is 17.6 Å². The molecular formula is C26H52B2ClIN4P2. The van der Waals surface area contributed by atoms with Crippen LogP contribution in [0, 0.1) is 0 Å². The third-order valence-electron chi connectivity index (χ3n) is 6.18. The van der Waals surface area contributed by atoms with Gasteiger partial charge in [-0.05, 0) is 51.9 Å². The Balaban J connectivity index is 0. The fourth-order valence-corrected chi connectivity index (χ4v) is 4.74. The summed E-state index contributed by atoms with van der Waals surface area (Å²) in [6.07, 6.45) is 15.1. The first-order chi connectivity index (χ1) is 15.2. The Bertz CT molecular complexity index is 806. The van der Waals surface area contributed by atoms with E-state index in [0.29, 0.717) is 10.3 Å². The van der Waals surface area contributed by atoms with Crippen molar-refractivity contribution >= 4 is 29.6 Å². The second kappa shape index (κ2) is 15.3. The Morgan fingerprint density at radius 3 is 1.08 bits per heavy atom. The zero-order valence-electron chi connectivity index (χ0n) is 25.5. The standard InChI is InChI=1S/2C13H26BN2P.ClH.HI/c2*1-12(2,3)16-9-8-15(11-16)10-14-17(7)13(4,5)6;;/h2*8-9,11H,10H2,1-7H3;2*1H/q2*+1;;/p-2. The summed E-state index contributed by atoms with van der Waals surface area (Å²) in [6, 6.07) is 0. The van der Waals surface area contributed by atoms with E-state index in [0.717, 1.165) is 12.9 Å². The second-order valence-electron chi connectivity index (χ2n) is 13.3. The molecule has 0 saturated carbocycles. The molecule has 0 bridgehead atoms. The van der Waals surface area contributed by atoms with Gasteiger partial charge in [-0.2, -0.15) is 0 Å². The molecule has 0 aromatic carbocycles. The van der Waals surface area contributed by atoms with Crippen molar-refractivity contribution in [2.45, 2.75) is 117 Å². The fraction of sp³-hybridized carbons (Fsp3) is 0.769. The Labute approximate surface area is 251 Å². The maximum Gasteiger partial charge on any atom is 0.243 e. The predicted molar refractivity (Wildman–Crippen MR) is 156 cm³/mol. The van der Waals surface area contributed by atoms with E-state index in [1.807, 2.05) is 0 Å². The quantitative estimate of drug-likeness (QED) is 0.180. The molecule has 0 amide bonds. The normalized spacial score (nSPS) is 13.9. The molecule has 2 atom stereocenters. The van der Waals surface area contributed by atoms with E-state index in [1.165, 1.54) is 0 Å². The summed E-state index contributed by atoms with van der Waals surface area (Å²) in [5.74, 6) is 0. The molecule has 2 unspecified atom stereocenters. The van der Waals surface area contributed by atoms with Crippen LogP contribution in [0.5, 0.6) is 0 Å². The lowest BCUT2D eigenvalue weighted by atomic mass is 10.1. The van der Waals surface area contributed by atoms with E-state index < -0.39 is 0 Å². The molecule has 2 aromatic heterocycles. The number of hydrogen-bond acceptors (Lipinski definition) is 0. The van der Waals surface area contributed by atoms with Crippen LogP contribution < -0.4 is 45.5 Å². The summed E-state index contributed by atoms with van der Waals surface area (Å²) >= 11 is 0. The van der Waals surface area contributed by atoms with Crippen molar-refractivity contribution in [1.29, 1.82) is 0 Å². The number of nitrogens with zero attached hydrogens (tertiary/aromatic N) is 4. The van der Waals surface area contributed by atoms with Crippen LogP contribution in [-0.2, 0) is 24.0 Å². The highest BCUT2D eigenvalue weighted by molar-refractivity contribution is 7.86. The monoisotopic (exact) mass is 666 g/mol. The lowest BCUT2D eigenvalue weighted by Crippen LogP contribution is -3.00. The molecule has 2 heterocycles. The number of aromatic nitrogens is 4. The maximum absolute atomic E-state index is 2.46. The average Bonchev–Trinajstić information content (AvgIpc) is 3.32. The minimum absolute atomic E-state index is 0.